The van der Waals surface area contributed by atoms with Gasteiger partial charge in [0.2, 0.25) is 0 Å². The quantitative estimate of drug-likeness (QED) is 0.495. The molecule has 0 saturated carbocycles. The third kappa shape index (κ3) is 3.50. The Bertz CT molecular complexity index is 180. The molecule has 0 spiro atoms. The Morgan fingerprint density at radius 3 is 2.64 bits per heavy atom. The van der Waals surface area contributed by atoms with Gasteiger partial charge in [0.25, 0.3) is 0 Å². The van der Waals surface area contributed by atoms with Crippen LogP contribution in [0.25, 0.3) is 0 Å². The van der Waals surface area contributed by atoms with Crippen molar-refractivity contribution in [2.24, 2.45) is 5.73 Å². The molecule has 0 radical (unpaired) electrons. The molecule has 0 aliphatic carbocycles. The van der Waals surface area contributed by atoms with Gasteiger partial charge in [-0.1, -0.05) is 18.7 Å². The second-order valence-corrected chi connectivity index (χ2v) is 1.94. The lowest BCUT2D eigenvalue weighted by molar-refractivity contribution is 0.237. The second kappa shape index (κ2) is 5.59. The van der Waals surface area contributed by atoms with E-state index in [-0.39, 0.29) is 0 Å². The van der Waals surface area contributed by atoms with E-state index in [0.717, 1.165) is 0 Å². The first-order valence-corrected chi connectivity index (χ1v) is 3.63. The average molecular weight is 153 g/mol. The predicted octanol–water partition coefficient (Wildman–Crippen LogP) is 1.96. The summed E-state index contributed by atoms with van der Waals surface area (Å²) in [5.41, 5.74) is 6.25. The third-order valence-corrected chi connectivity index (χ3v) is 1.16. The molecule has 0 aliphatic heterocycles. The van der Waals surface area contributed by atoms with Gasteiger partial charge in [0, 0.05) is 0 Å². The lowest BCUT2D eigenvalue weighted by atomic mass is 10.3. The van der Waals surface area contributed by atoms with Crippen molar-refractivity contribution in [3.05, 3.63) is 36.3 Å². The van der Waals surface area contributed by atoms with Crippen molar-refractivity contribution in [3.63, 3.8) is 0 Å². The molecule has 0 aliphatic rings. The second-order valence-electron chi connectivity index (χ2n) is 1.94. The standard InChI is InChI=1S/C9H15NO/c1-4-7-9(11-6-3)8(10)5-2/h4-5,7H,1,6,10H2,2-3H3/b8-5+,9-7+. The Morgan fingerprint density at radius 1 is 1.64 bits per heavy atom. The van der Waals surface area contributed by atoms with E-state index >= 15 is 0 Å². The van der Waals surface area contributed by atoms with Crippen LogP contribution in [0.1, 0.15) is 13.8 Å². The van der Waals surface area contributed by atoms with Gasteiger partial charge in [0.1, 0.15) is 5.76 Å². The van der Waals surface area contributed by atoms with Gasteiger partial charge in [-0.25, -0.2) is 0 Å². The van der Waals surface area contributed by atoms with Crippen LogP contribution in [-0.4, -0.2) is 6.61 Å². The van der Waals surface area contributed by atoms with Crippen LogP contribution in [0.4, 0.5) is 0 Å². The zero-order chi connectivity index (χ0) is 8.69. The number of ether oxygens (including phenoxy) is 1. The molecule has 2 nitrogen and oxygen atoms in total. The summed E-state index contributed by atoms with van der Waals surface area (Å²) in [6.45, 7) is 7.96. The number of hydrogen-bond donors (Lipinski definition) is 1. The maximum absolute atomic E-state index is 5.61. The molecule has 0 fully saturated rings. The summed E-state index contributed by atoms with van der Waals surface area (Å²) in [5, 5.41) is 0. The lowest BCUT2D eigenvalue weighted by Crippen LogP contribution is -2.04. The highest BCUT2D eigenvalue weighted by Crippen LogP contribution is 2.05. The molecule has 0 amide bonds. The van der Waals surface area contributed by atoms with Crippen LogP contribution in [-0.2, 0) is 4.74 Å². The first kappa shape index (κ1) is 9.82. The van der Waals surface area contributed by atoms with E-state index in [1.54, 1.807) is 18.2 Å². The summed E-state index contributed by atoms with van der Waals surface area (Å²) in [6, 6.07) is 0. The minimum atomic E-state index is 0.619. The van der Waals surface area contributed by atoms with Crippen molar-refractivity contribution in [3.8, 4) is 0 Å². The molecule has 0 rings (SSSR count). The van der Waals surface area contributed by atoms with E-state index in [9.17, 15) is 0 Å². The molecule has 0 aromatic rings. The molecule has 0 bridgehead atoms. The molecule has 0 aromatic heterocycles. The zero-order valence-electron chi connectivity index (χ0n) is 7.13. The van der Waals surface area contributed by atoms with E-state index in [1.807, 2.05) is 13.8 Å². The SMILES string of the molecule is C=C/C=C(OCC)\C(N)=C/C. The highest BCUT2D eigenvalue weighted by Gasteiger charge is 1.96. The number of rotatable bonds is 4. The van der Waals surface area contributed by atoms with Crippen LogP contribution in [0.2, 0.25) is 0 Å². The topological polar surface area (TPSA) is 35.2 Å². The fourth-order valence-electron chi connectivity index (χ4n) is 0.632. The van der Waals surface area contributed by atoms with Crippen LogP contribution in [0.3, 0.4) is 0 Å². The van der Waals surface area contributed by atoms with Gasteiger partial charge in [-0.15, -0.1) is 0 Å². The van der Waals surface area contributed by atoms with Crippen molar-refractivity contribution in [2.75, 3.05) is 6.61 Å². The molecule has 2 N–H and O–H groups in total. The summed E-state index contributed by atoms with van der Waals surface area (Å²) < 4.78 is 5.23. The average Bonchev–Trinajstić information content (AvgIpc) is 2.03. The lowest BCUT2D eigenvalue weighted by Gasteiger charge is -2.06. The fraction of sp³-hybridized carbons (Fsp3) is 0.333. The first-order valence-electron chi connectivity index (χ1n) is 3.63. The minimum absolute atomic E-state index is 0.619. The molecule has 62 valence electrons. The Kier molecular flexibility index (Phi) is 4.99. The molecule has 0 saturated heterocycles. The molecule has 0 aromatic carbocycles. The van der Waals surface area contributed by atoms with Gasteiger partial charge < -0.3 is 10.5 Å². The monoisotopic (exact) mass is 153 g/mol. The van der Waals surface area contributed by atoms with Crippen molar-refractivity contribution in [1.82, 2.24) is 0 Å². The Balaban J connectivity index is 4.33. The van der Waals surface area contributed by atoms with E-state index in [2.05, 4.69) is 6.58 Å². The molecular weight excluding hydrogens is 138 g/mol. The van der Waals surface area contributed by atoms with Crippen LogP contribution in [0.5, 0.6) is 0 Å². The van der Waals surface area contributed by atoms with Crippen LogP contribution >= 0.6 is 0 Å². The Morgan fingerprint density at radius 2 is 2.27 bits per heavy atom. The number of nitrogens with two attached hydrogens (primary N) is 1. The van der Waals surface area contributed by atoms with E-state index in [0.29, 0.717) is 18.1 Å². The van der Waals surface area contributed by atoms with Crippen LogP contribution in [0, 0.1) is 0 Å². The van der Waals surface area contributed by atoms with Gasteiger partial charge in [0.05, 0.1) is 12.3 Å². The van der Waals surface area contributed by atoms with Gasteiger partial charge >= 0.3 is 0 Å². The zero-order valence-corrected chi connectivity index (χ0v) is 7.13. The minimum Gasteiger partial charge on any atom is -0.492 e. The summed E-state index contributed by atoms with van der Waals surface area (Å²) in [6.07, 6.45) is 5.20. The Hall–Kier alpha value is -1.18. The van der Waals surface area contributed by atoms with Gasteiger partial charge in [-0.05, 0) is 19.9 Å². The Labute approximate surface area is 68.0 Å². The predicted molar refractivity (Wildman–Crippen MR) is 47.9 cm³/mol. The third-order valence-electron chi connectivity index (χ3n) is 1.16. The van der Waals surface area contributed by atoms with Crippen LogP contribution in [0.15, 0.2) is 36.3 Å². The summed E-state index contributed by atoms with van der Waals surface area (Å²) in [7, 11) is 0. The molecule has 0 atom stereocenters. The molecule has 0 unspecified atom stereocenters. The highest BCUT2D eigenvalue weighted by molar-refractivity contribution is 5.25. The molecular formula is C9H15NO. The van der Waals surface area contributed by atoms with Gasteiger partial charge in [0.15, 0.2) is 0 Å². The van der Waals surface area contributed by atoms with Crippen LogP contribution < -0.4 is 5.73 Å². The summed E-state index contributed by atoms with van der Waals surface area (Å²) >= 11 is 0. The highest BCUT2D eigenvalue weighted by atomic mass is 16.5. The summed E-state index contributed by atoms with van der Waals surface area (Å²) in [4.78, 5) is 0. The maximum atomic E-state index is 5.61. The smallest absolute Gasteiger partial charge is 0.141 e. The van der Waals surface area contributed by atoms with Crippen molar-refractivity contribution >= 4 is 0 Å². The van der Waals surface area contributed by atoms with Crippen molar-refractivity contribution < 1.29 is 4.74 Å². The van der Waals surface area contributed by atoms with E-state index in [4.69, 9.17) is 10.5 Å². The van der Waals surface area contributed by atoms with Crippen molar-refractivity contribution in [2.45, 2.75) is 13.8 Å². The first-order chi connectivity index (χ1) is 5.26. The van der Waals surface area contributed by atoms with E-state index < -0.39 is 0 Å². The van der Waals surface area contributed by atoms with Gasteiger partial charge in [-0.2, -0.15) is 0 Å². The van der Waals surface area contributed by atoms with Gasteiger partial charge in [-0.3, -0.25) is 0 Å². The number of hydrogen-bond acceptors (Lipinski definition) is 2. The number of allylic oxidation sites excluding steroid dienone is 3. The molecule has 0 heterocycles. The largest absolute Gasteiger partial charge is 0.492 e. The normalized spacial score (nSPS) is 12.9. The fourth-order valence-corrected chi connectivity index (χ4v) is 0.632. The van der Waals surface area contributed by atoms with E-state index in [1.165, 1.54) is 0 Å². The van der Waals surface area contributed by atoms with Crippen molar-refractivity contribution in [1.29, 1.82) is 0 Å². The summed E-state index contributed by atoms with van der Waals surface area (Å²) in [5.74, 6) is 0.685. The molecule has 2 heteroatoms. The molecule has 11 heavy (non-hydrogen) atoms. The maximum Gasteiger partial charge on any atom is 0.141 e.